The van der Waals surface area contributed by atoms with Crippen LogP contribution in [0.4, 0.5) is 11.5 Å². The number of rotatable bonds is 8. The van der Waals surface area contributed by atoms with Gasteiger partial charge in [0.05, 0.1) is 25.0 Å². The zero-order chi connectivity index (χ0) is 26.1. The Kier molecular flexibility index (Phi) is 9.22. The molecule has 0 aliphatic rings. The van der Waals surface area contributed by atoms with Gasteiger partial charge >= 0.3 is 0 Å². The van der Waals surface area contributed by atoms with Crippen molar-refractivity contribution in [3.05, 3.63) is 89.8 Å². The van der Waals surface area contributed by atoms with Gasteiger partial charge in [0.25, 0.3) is 5.91 Å². The molecule has 0 aliphatic heterocycles. The van der Waals surface area contributed by atoms with Gasteiger partial charge in [-0.2, -0.15) is 9.61 Å². The molecule has 0 saturated heterocycles. The lowest BCUT2D eigenvalue weighted by atomic mass is 10.1. The van der Waals surface area contributed by atoms with Crippen molar-refractivity contribution in [1.29, 1.82) is 0 Å². The average molecular weight is 486 g/mol. The molecule has 0 atom stereocenters. The third kappa shape index (κ3) is 6.30. The molecule has 2 heterocycles. The van der Waals surface area contributed by atoms with Gasteiger partial charge in [0.1, 0.15) is 11.6 Å². The molecule has 2 aromatic heterocycles. The van der Waals surface area contributed by atoms with E-state index in [9.17, 15) is 4.79 Å². The highest BCUT2D eigenvalue weighted by Gasteiger charge is 2.14. The summed E-state index contributed by atoms with van der Waals surface area (Å²) in [5, 5.41) is 8.01. The summed E-state index contributed by atoms with van der Waals surface area (Å²) in [4.78, 5) is 19.3. The number of methoxy groups -OCH3 is 1. The zero-order valence-corrected chi connectivity index (χ0v) is 21.9. The molecule has 0 saturated carbocycles. The maximum absolute atomic E-state index is 12.8. The third-order valence-electron chi connectivity index (χ3n) is 5.46. The number of benzene rings is 2. The molecular formula is C29H35N5O2. The first-order valence-corrected chi connectivity index (χ1v) is 12.3. The smallest absolute Gasteiger partial charge is 0.254 e. The summed E-state index contributed by atoms with van der Waals surface area (Å²) < 4.78 is 7.15. The Morgan fingerprint density at radius 1 is 1.08 bits per heavy atom. The SMILES string of the molecule is CC.CC/C=C(/CN(C)C(=O)c1ccc(Nc2cc(-c3ccccc3)nc3cc(C)nn23)cc1)OC. The van der Waals surface area contributed by atoms with Crippen molar-refractivity contribution in [1.82, 2.24) is 19.5 Å². The van der Waals surface area contributed by atoms with Crippen LogP contribution in [0.1, 0.15) is 43.2 Å². The van der Waals surface area contributed by atoms with Crippen molar-refractivity contribution in [3.8, 4) is 11.3 Å². The molecule has 0 aliphatic carbocycles. The maximum atomic E-state index is 12.8. The van der Waals surface area contributed by atoms with Crippen molar-refractivity contribution in [3.63, 3.8) is 0 Å². The summed E-state index contributed by atoms with van der Waals surface area (Å²) in [6.07, 6.45) is 2.84. The molecule has 0 spiro atoms. The highest BCUT2D eigenvalue weighted by atomic mass is 16.5. The zero-order valence-electron chi connectivity index (χ0n) is 21.9. The van der Waals surface area contributed by atoms with E-state index < -0.39 is 0 Å². The number of ether oxygens (including phenoxy) is 1. The van der Waals surface area contributed by atoms with Crippen molar-refractivity contribution in [2.45, 2.75) is 34.1 Å². The lowest BCUT2D eigenvalue weighted by molar-refractivity contribution is 0.0785. The first-order valence-electron chi connectivity index (χ1n) is 12.3. The van der Waals surface area contributed by atoms with Crippen LogP contribution in [0.25, 0.3) is 16.9 Å². The van der Waals surface area contributed by atoms with Crippen LogP contribution in [-0.2, 0) is 4.74 Å². The number of aromatic nitrogens is 3. The normalized spacial score (nSPS) is 11.0. The molecule has 0 unspecified atom stereocenters. The molecule has 4 aromatic rings. The standard InChI is InChI=1S/C27H29N5O2.C2H6/c1-5-9-23(34-4)18-31(3)27(33)21-12-14-22(15-13-21)28-26-17-24(20-10-7-6-8-11-20)29-25-16-19(2)30-32(25)26;1-2/h6-17,28H,5,18H2,1-4H3;1-2H3/b23-9-;. The minimum absolute atomic E-state index is 0.0639. The van der Waals surface area contributed by atoms with Crippen molar-refractivity contribution in [2.75, 3.05) is 26.0 Å². The van der Waals surface area contributed by atoms with Crippen LogP contribution in [-0.4, -0.2) is 46.1 Å². The molecule has 7 nitrogen and oxygen atoms in total. The van der Waals surface area contributed by atoms with Crippen molar-refractivity contribution in [2.24, 2.45) is 0 Å². The number of nitrogens with zero attached hydrogens (tertiary/aromatic N) is 4. The van der Waals surface area contributed by atoms with E-state index >= 15 is 0 Å². The summed E-state index contributed by atoms with van der Waals surface area (Å²) in [7, 11) is 3.40. The fraction of sp³-hybridized carbons (Fsp3) is 0.276. The van der Waals surface area contributed by atoms with Crippen LogP contribution in [0.5, 0.6) is 0 Å². The van der Waals surface area contributed by atoms with Gasteiger partial charge in [-0.15, -0.1) is 0 Å². The van der Waals surface area contributed by atoms with Crippen LogP contribution in [0.15, 0.2) is 78.6 Å². The van der Waals surface area contributed by atoms with Gasteiger partial charge in [-0.3, -0.25) is 4.79 Å². The van der Waals surface area contributed by atoms with E-state index in [-0.39, 0.29) is 5.91 Å². The van der Waals surface area contributed by atoms with Gasteiger partial charge in [0.15, 0.2) is 5.65 Å². The van der Waals surface area contributed by atoms with E-state index in [0.717, 1.165) is 46.3 Å². The Morgan fingerprint density at radius 2 is 1.78 bits per heavy atom. The molecule has 188 valence electrons. The molecule has 1 amide bonds. The number of carbonyl (C=O) groups is 1. The number of carbonyl (C=O) groups excluding carboxylic acids is 1. The first-order chi connectivity index (χ1) is 17.5. The number of hydrogen-bond acceptors (Lipinski definition) is 5. The van der Waals surface area contributed by atoms with Crippen molar-refractivity contribution < 1.29 is 9.53 Å². The summed E-state index contributed by atoms with van der Waals surface area (Å²) in [6, 6.07) is 21.4. The molecule has 2 aromatic carbocycles. The van der Waals surface area contributed by atoms with Crippen LogP contribution >= 0.6 is 0 Å². The molecule has 0 radical (unpaired) electrons. The largest absolute Gasteiger partial charge is 0.500 e. The van der Waals surface area contributed by atoms with Gasteiger partial charge in [-0.25, -0.2) is 4.98 Å². The molecule has 4 rings (SSSR count). The Labute approximate surface area is 213 Å². The van der Waals surface area contributed by atoms with Gasteiger partial charge in [-0.05, 0) is 43.7 Å². The lowest BCUT2D eigenvalue weighted by Crippen LogP contribution is -2.29. The Hall–Kier alpha value is -4.13. The van der Waals surface area contributed by atoms with Gasteiger partial charge in [0.2, 0.25) is 0 Å². The fourth-order valence-electron chi connectivity index (χ4n) is 3.74. The van der Waals surface area contributed by atoms with Crippen LogP contribution in [0.2, 0.25) is 0 Å². The second-order valence-electron chi connectivity index (χ2n) is 8.09. The molecule has 0 fully saturated rings. The quantitative estimate of drug-likeness (QED) is 0.289. The van der Waals surface area contributed by atoms with Gasteiger partial charge in [-0.1, -0.05) is 51.1 Å². The van der Waals surface area contributed by atoms with E-state index in [0.29, 0.717) is 12.1 Å². The molecular weight excluding hydrogens is 450 g/mol. The van der Waals surface area contributed by atoms with E-state index in [4.69, 9.17) is 9.72 Å². The molecule has 36 heavy (non-hydrogen) atoms. The predicted octanol–water partition coefficient (Wildman–Crippen LogP) is 6.49. The van der Waals surface area contributed by atoms with E-state index in [1.54, 1.807) is 23.6 Å². The minimum Gasteiger partial charge on any atom is -0.500 e. The average Bonchev–Trinajstić information content (AvgIpc) is 3.30. The third-order valence-corrected chi connectivity index (χ3v) is 5.46. The van der Waals surface area contributed by atoms with Crippen LogP contribution < -0.4 is 5.32 Å². The molecule has 7 heteroatoms. The number of hydrogen-bond donors (Lipinski definition) is 1. The highest BCUT2D eigenvalue weighted by Crippen LogP contribution is 2.25. The van der Waals surface area contributed by atoms with E-state index in [1.807, 2.05) is 101 Å². The summed E-state index contributed by atoms with van der Waals surface area (Å²) in [6.45, 7) is 8.41. The van der Waals surface area contributed by atoms with Gasteiger partial charge in [0, 0.05) is 36.0 Å². The molecule has 0 bridgehead atoms. The topological polar surface area (TPSA) is 71.8 Å². The summed E-state index contributed by atoms with van der Waals surface area (Å²) in [5.41, 5.74) is 5.00. The second kappa shape index (κ2) is 12.5. The summed E-state index contributed by atoms with van der Waals surface area (Å²) >= 11 is 0. The minimum atomic E-state index is -0.0639. The highest BCUT2D eigenvalue weighted by molar-refractivity contribution is 5.94. The van der Waals surface area contributed by atoms with E-state index in [2.05, 4.69) is 10.4 Å². The second-order valence-corrected chi connectivity index (χ2v) is 8.09. The van der Waals surface area contributed by atoms with Crippen LogP contribution in [0.3, 0.4) is 0 Å². The van der Waals surface area contributed by atoms with E-state index in [1.165, 1.54) is 0 Å². The summed E-state index contributed by atoms with van der Waals surface area (Å²) in [5.74, 6) is 1.51. The van der Waals surface area contributed by atoms with Crippen LogP contribution in [0, 0.1) is 6.92 Å². The maximum Gasteiger partial charge on any atom is 0.254 e. The van der Waals surface area contributed by atoms with Gasteiger partial charge < -0.3 is 15.0 Å². The first kappa shape index (κ1) is 26.5. The number of anilines is 2. The predicted molar refractivity (Wildman–Crippen MR) is 147 cm³/mol. The van der Waals surface area contributed by atoms with Crippen molar-refractivity contribution >= 4 is 23.1 Å². The number of aryl methyl sites for hydroxylation is 1. The Balaban J connectivity index is 0.00000176. The monoisotopic (exact) mass is 485 g/mol. The number of allylic oxidation sites excluding steroid dienone is 1. The number of nitrogens with one attached hydrogen (secondary N) is 1. The fourth-order valence-corrected chi connectivity index (χ4v) is 3.74. The Morgan fingerprint density at radius 3 is 2.42 bits per heavy atom. The number of amides is 1. The lowest BCUT2D eigenvalue weighted by Gasteiger charge is -2.19. The number of fused-ring (bicyclic) bond motifs is 1. The number of likely N-dealkylation sites (N-methyl/N-ethyl adjacent to an activating group) is 1. The molecule has 1 N–H and O–H groups in total. The Bertz CT molecular complexity index is 1310.